The molecule has 3 aromatic heterocycles. The van der Waals surface area contributed by atoms with Gasteiger partial charge in [-0.2, -0.15) is 0 Å². The first-order valence-corrected chi connectivity index (χ1v) is 8.50. The third-order valence-electron chi connectivity index (χ3n) is 4.56. The van der Waals surface area contributed by atoms with Gasteiger partial charge >= 0.3 is 0 Å². The Labute approximate surface area is 149 Å². The zero-order valence-electron chi connectivity index (χ0n) is 14.5. The first kappa shape index (κ1) is 16.3. The zero-order valence-corrected chi connectivity index (χ0v) is 14.5. The normalized spacial score (nSPS) is 14.1. The van der Waals surface area contributed by atoms with Crippen molar-refractivity contribution in [1.82, 2.24) is 24.0 Å². The van der Waals surface area contributed by atoms with Gasteiger partial charge in [0.25, 0.3) is 11.5 Å². The van der Waals surface area contributed by atoms with E-state index in [1.807, 2.05) is 10.8 Å². The topological polar surface area (TPSA) is 86.2 Å². The van der Waals surface area contributed by atoms with Crippen molar-refractivity contribution in [2.24, 2.45) is 0 Å². The Balaban J connectivity index is 1.64. The molecule has 0 bridgehead atoms. The number of aromatic nitrogens is 4. The quantitative estimate of drug-likeness (QED) is 0.711. The van der Waals surface area contributed by atoms with E-state index >= 15 is 0 Å². The van der Waals surface area contributed by atoms with E-state index in [-0.39, 0.29) is 11.5 Å². The summed E-state index contributed by atoms with van der Waals surface area (Å²) in [6.07, 6.45) is 7.41. The third-order valence-corrected chi connectivity index (χ3v) is 4.56. The van der Waals surface area contributed by atoms with Crippen LogP contribution in [0.15, 0.2) is 46.3 Å². The zero-order chi connectivity index (χ0) is 18.1. The summed E-state index contributed by atoms with van der Waals surface area (Å²) in [5.41, 5.74) is 1.13. The molecule has 1 aliphatic rings. The number of fused-ring (bicyclic) bond motifs is 1. The SMILES string of the molecule is Cc1occc1C(=O)N1CCCn2c(nc(Cn3ccnc3)cc2=O)C1. The Kier molecular flexibility index (Phi) is 4.16. The maximum atomic E-state index is 12.8. The van der Waals surface area contributed by atoms with E-state index in [1.165, 1.54) is 6.26 Å². The van der Waals surface area contributed by atoms with Gasteiger partial charge in [-0.1, -0.05) is 0 Å². The summed E-state index contributed by atoms with van der Waals surface area (Å²) in [6.45, 7) is 3.67. The minimum absolute atomic E-state index is 0.0843. The molecule has 1 amide bonds. The third kappa shape index (κ3) is 3.05. The molecule has 0 saturated carbocycles. The summed E-state index contributed by atoms with van der Waals surface area (Å²) < 4.78 is 8.76. The number of carbonyl (C=O) groups is 1. The van der Waals surface area contributed by atoms with Crippen LogP contribution in [0, 0.1) is 6.92 Å². The van der Waals surface area contributed by atoms with Gasteiger partial charge in [-0.15, -0.1) is 0 Å². The predicted octanol–water partition coefficient (Wildman–Crippen LogP) is 1.44. The Morgan fingerprint density at radius 2 is 2.23 bits per heavy atom. The number of amides is 1. The molecule has 0 N–H and O–H groups in total. The van der Waals surface area contributed by atoms with Crippen LogP contribution in [-0.4, -0.2) is 36.5 Å². The number of rotatable bonds is 3. The highest BCUT2D eigenvalue weighted by molar-refractivity contribution is 5.95. The lowest BCUT2D eigenvalue weighted by Gasteiger charge is -2.20. The number of hydrogen-bond donors (Lipinski definition) is 0. The van der Waals surface area contributed by atoms with Crippen LogP contribution in [-0.2, 0) is 19.6 Å². The molecule has 0 atom stereocenters. The average molecular weight is 353 g/mol. The smallest absolute Gasteiger partial charge is 0.257 e. The van der Waals surface area contributed by atoms with Crippen molar-refractivity contribution in [3.8, 4) is 0 Å². The molecule has 4 heterocycles. The molecule has 0 radical (unpaired) electrons. The molecule has 134 valence electrons. The molecule has 0 aliphatic carbocycles. The molecule has 0 spiro atoms. The molecule has 0 unspecified atom stereocenters. The van der Waals surface area contributed by atoms with Crippen molar-refractivity contribution in [3.63, 3.8) is 0 Å². The maximum absolute atomic E-state index is 12.8. The molecule has 8 heteroatoms. The van der Waals surface area contributed by atoms with Gasteiger partial charge in [-0.25, -0.2) is 9.97 Å². The summed E-state index contributed by atoms with van der Waals surface area (Å²) in [6, 6.07) is 3.24. The van der Waals surface area contributed by atoms with Crippen LogP contribution < -0.4 is 5.56 Å². The van der Waals surface area contributed by atoms with Gasteiger partial charge in [0.2, 0.25) is 0 Å². The standard InChI is InChI=1S/C18H19N5O3/c1-13-15(3-8-26-13)18(25)22-5-2-6-23-16(11-22)20-14(9-17(23)24)10-21-7-4-19-12-21/h3-4,7-9,12H,2,5-6,10-11H2,1H3. The van der Waals surface area contributed by atoms with E-state index in [1.54, 1.807) is 41.0 Å². The number of aryl methyl sites for hydroxylation is 1. The van der Waals surface area contributed by atoms with E-state index in [9.17, 15) is 9.59 Å². The predicted molar refractivity (Wildman–Crippen MR) is 92.6 cm³/mol. The Hall–Kier alpha value is -3.16. The highest BCUT2D eigenvalue weighted by Gasteiger charge is 2.24. The van der Waals surface area contributed by atoms with Crippen LogP contribution in [0.2, 0.25) is 0 Å². The monoisotopic (exact) mass is 353 g/mol. The van der Waals surface area contributed by atoms with Gasteiger partial charge in [0.1, 0.15) is 11.6 Å². The number of hydrogen-bond acceptors (Lipinski definition) is 5. The van der Waals surface area contributed by atoms with Crippen molar-refractivity contribution in [1.29, 1.82) is 0 Å². The largest absolute Gasteiger partial charge is 0.469 e. The molecule has 0 aromatic carbocycles. The van der Waals surface area contributed by atoms with Crippen LogP contribution in [0.3, 0.4) is 0 Å². The summed E-state index contributed by atoms with van der Waals surface area (Å²) >= 11 is 0. The fourth-order valence-electron chi connectivity index (χ4n) is 3.23. The number of furan rings is 1. The molecule has 1 aliphatic heterocycles. The highest BCUT2D eigenvalue weighted by Crippen LogP contribution is 2.16. The van der Waals surface area contributed by atoms with Crippen molar-refractivity contribution in [2.45, 2.75) is 33.0 Å². The van der Waals surface area contributed by atoms with Gasteiger partial charge in [-0.05, 0) is 19.4 Å². The Morgan fingerprint density at radius 1 is 1.35 bits per heavy atom. The second-order valence-corrected chi connectivity index (χ2v) is 6.36. The average Bonchev–Trinajstić information content (AvgIpc) is 3.21. The van der Waals surface area contributed by atoms with E-state index in [2.05, 4.69) is 9.97 Å². The highest BCUT2D eigenvalue weighted by atomic mass is 16.3. The Morgan fingerprint density at radius 3 is 2.96 bits per heavy atom. The minimum Gasteiger partial charge on any atom is -0.469 e. The van der Waals surface area contributed by atoms with Gasteiger partial charge in [0.05, 0.1) is 36.9 Å². The van der Waals surface area contributed by atoms with Gasteiger partial charge in [0.15, 0.2) is 0 Å². The number of nitrogens with zero attached hydrogens (tertiary/aromatic N) is 5. The van der Waals surface area contributed by atoms with Crippen LogP contribution in [0.4, 0.5) is 0 Å². The number of imidazole rings is 1. The molecule has 26 heavy (non-hydrogen) atoms. The van der Waals surface area contributed by atoms with Gasteiger partial charge in [0, 0.05) is 31.5 Å². The van der Waals surface area contributed by atoms with E-state index < -0.39 is 0 Å². The molecular formula is C18H19N5O3. The lowest BCUT2D eigenvalue weighted by atomic mass is 10.2. The van der Waals surface area contributed by atoms with E-state index in [0.717, 1.165) is 0 Å². The second-order valence-electron chi connectivity index (χ2n) is 6.36. The summed E-state index contributed by atoms with van der Waals surface area (Å²) in [5, 5.41) is 0. The van der Waals surface area contributed by atoms with Crippen LogP contribution >= 0.6 is 0 Å². The van der Waals surface area contributed by atoms with Gasteiger partial charge in [-0.3, -0.25) is 14.2 Å². The van der Waals surface area contributed by atoms with Crippen LogP contribution in [0.5, 0.6) is 0 Å². The van der Waals surface area contributed by atoms with E-state index in [0.29, 0.717) is 55.4 Å². The molecule has 3 aromatic rings. The first-order valence-electron chi connectivity index (χ1n) is 8.50. The first-order chi connectivity index (χ1) is 12.6. The molecule has 0 fully saturated rings. The fraction of sp³-hybridized carbons (Fsp3) is 0.333. The fourth-order valence-corrected chi connectivity index (χ4v) is 3.23. The Bertz CT molecular complexity index is 987. The van der Waals surface area contributed by atoms with Crippen molar-refractivity contribution in [3.05, 3.63) is 70.3 Å². The minimum atomic E-state index is -0.0982. The number of carbonyl (C=O) groups excluding carboxylic acids is 1. The molecule has 4 rings (SSSR count). The maximum Gasteiger partial charge on any atom is 0.257 e. The summed E-state index contributed by atoms with van der Waals surface area (Å²) in [5.74, 6) is 1.11. The van der Waals surface area contributed by atoms with Crippen molar-refractivity contribution >= 4 is 5.91 Å². The molecule has 0 saturated heterocycles. The summed E-state index contributed by atoms with van der Waals surface area (Å²) in [7, 11) is 0. The molecule has 8 nitrogen and oxygen atoms in total. The lowest BCUT2D eigenvalue weighted by Crippen LogP contribution is -2.32. The molecular weight excluding hydrogens is 334 g/mol. The van der Waals surface area contributed by atoms with Gasteiger partial charge < -0.3 is 13.9 Å². The van der Waals surface area contributed by atoms with Crippen LogP contribution in [0.1, 0.15) is 34.1 Å². The second kappa shape index (κ2) is 6.62. The van der Waals surface area contributed by atoms with Crippen LogP contribution in [0.25, 0.3) is 0 Å². The van der Waals surface area contributed by atoms with Crippen molar-refractivity contribution in [2.75, 3.05) is 6.54 Å². The van der Waals surface area contributed by atoms with E-state index in [4.69, 9.17) is 4.42 Å². The van der Waals surface area contributed by atoms with Crippen molar-refractivity contribution < 1.29 is 9.21 Å². The summed E-state index contributed by atoms with van der Waals surface area (Å²) in [4.78, 5) is 35.7. The lowest BCUT2D eigenvalue weighted by molar-refractivity contribution is 0.0742.